The topological polar surface area (TPSA) is 76.4 Å². The van der Waals surface area contributed by atoms with E-state index in [1.165, 1.54) is 9.13 Å². The normalized spacial score (nSPS) is 10.2. The highest BCUT2D eigenvalue weighted by Gasteiger charge is 2.01. The number of hydrogen-bond acceptors (Lipinski definition) is 2. The Morgan fingerprint density at radius 1 is 1.41 bits per heavy atom. The molecule has 4 nitrogen and oxygen atoms in total. The third kappa shape index (κ3) is 5.56. The Balaban J connectivity index is 2.62. The molecular formula is C11H16ClIN4. The molecule has 5 N–H and O–H groups in total. The van der Waals surface area contributed by atoms with Crippen molar-refractivity contribution >= 4 is 40.2 Å². The van der Waals surface area contributed by atoms with Gasteiger partial charge in [-0.15, -0.1) is 11.6 Å². The summed E-state index contributed by atoms with van der Waals surface area (Å²) in [6, 6.07) is 6.21. The first-order chi connectivity index (χ1) is 8.13. The Morgan fingerprint density at radius 3 is 2.76 bits per heavy atom. The second kappa shape index (κ2) is 7.73. The number of halogens is 2. The van der Waals surface area contributed by atoms with Crippen LogP contribution in [0.15, 0.2) is 23.2 Å². The minimum atomic E-state index is 0.118. The molecule has 0 aromatic heterocycles. The van der Waals surface area contributed by atoms with Gasteiger partial charge in [0.15, 0.2) is 5.96 Å². The van der Waals surface area contributed by atoms with E-state index < -0.39 is 0 Å². The molecule has 0 aliphatic rings. The number of aliphatic imine (C=N–C) groups is 1. The second-order valence-electron chi connectivity index (χ2n) is 3.53. The molecular weight excluding hydrogens is 351 g/mol. The number of benzene rings is 1. The molecule has 0 amide bonds. The van der Waals surface area contributed by atoms with E-state index in [1.807, 2.05) is 6.07 Å². The van der Waals surface area contributed by atoms with Gasteiger partial charge in [-0.05, 0) is 39.8 Å². The molecule has 0 unspecified atom stereocenters. The number of hydrogen-bond donors (Lipinski definition) is 3. The van der Waals surface area contributed by atoms with Crippen molar-refractivity contribution in [3.63, 3.8) is 0 Å². The molecule has 0 saturated carbocycles. The summed E-state index contributed by atoms with van der Waals surface area (Å²) in [6.07, 6.45) is 0. The van der Waals surface area contributed by atoms with Gasteiger partial charge in [-0.25, -0.2) is 4.99 Å². The van der Waals surface area contributed by atoms with Crippen LogP contribution in [0.5, 0.6) is 0 Å². The van der Waals surface area contributed by atoms with E-state index in [0.717, 1.165) is 18.7 Å². The summed E-state index contributed by atoms with van der Waals surface area (Å²) in [6.45, 7) is 2.16. The first-order valence-corrected chi connectivity index (χ1v) is 6.84. The molecule has 0 spiro atoms. The number of guanidine groups is 1. The van der Waals surface area contributed by atoms with Crippen LogP contribution in [0.4, 0.5) is 0 Å². The third-order valence-corrected chi connectivity index (χ3v) is 3.34. The average molecular weight is 367 g/mol. The fraction of sp³-hybridized carbons (Fsp3) is 0.364. The van der Waals surface area contributed by atoms with Crippen molar-refractivity contribution in [2.75, 3.05) is 12.4 Å². The third-order valence-electron chi connectivity index (χ3n) is 2.15. The molecule has 6 heteroatoms. The summed E-state index contributed by atoms with van der Waals surface area (Å²) in [4.78, 5) is 3.98. The van der Waals surface area contributed by atoms with Gasteiger partial charge >= 0.3 is 0 Å². The maximum absolute atomic E-state index is 5.60. The summed E-state index contributed by atoms with van der Waals surface area (Å²) in [5.74, 6) is 0.743. The molecule has 0 radical (unpaired) electrons. The van der Waals surface area contributed by atoms with Gasteiger partial charge in [-0.2, -0.15) is 0 Å². The van der Waals surface area contributed by atoms with Crippen LogP contribution in [-0.4, -0.2) is 18.4 Å². The van der Waals surface area contributed by atoms with Gasteiger partial charge in [0.2, 0.25) is 0 Å². The molecule has 1 aromatic rings. The Hall–Kier alpha value is -0.530. The Bertz CT molecular complexity index is 391. The van der Waals surface area contributed by atoms with E-state index in [-0.39, 0.29) is 5.96 Å². The SMILES string of the molecule is NC(N)=NCc1ccc(CNCCCl)c(I)c1. The van der Waals surface area contributed by atoms with Crippen molar-refractivity contribution in [3.05, 3.63) is 32.9 Å². The van der Waals surface area contributed by atoms with E-state index in [4.69, 9.17) is 23.1 Å². The van der Waals surface area contributed by atoms with Crippen LogP contribution in [0.2, 0.25) is 0 Å². The smallest absolute Gasteiger partial charge is 0.186 e. The van der Waals surface area contributed by atoms with E-state index in [0.29, 0.717) is 12.4 Å². The summed E-state index contributed by atoms with van der Waals surface area (Å²) < 4.78 is 1.20. The molecule has 0 saturated heterocycles. The Labute approximate surface area is 120 Å². The fourth-order valence-corrected chi connectivity index (χ4v) is 2.21. The van der Waals surface area contributed by atoms with Crippen molar-refractivity contribution in [1.29, 1.82) is 0 Å². The zero-order valence-corrected chi connectivity index (χ0v) is 12.3. The van der Waals surface area contributed by atoms with Crippen LogP contribution in [0, 0.1) is 3.57 Å². The molecule has 94 valence electrons. The maximum atomic E-state index is 5.60. The van der Waals surface area contributed by atoms with Crippen molar-refractivity contribution in [2.24, 2.45) is 16.5 Å². The number of nitrogens with zero attached hydrogens (tertiary/aromatic N) is 1. The van der Waals surface area contributed by atoms with Crippen molar-refractivity contribution in [3.8, 4) is 0 Å². The van der Waals surface area contributed by atoms with Crippen LogP contribution < -0.4 is 16.8 Å². The van der Waals surface area contributed by atoms with Gasteiger partial charge in [0.05, 0.1) is 6.54 Å². The molecule has 0 heterocycles. The van der Waals surface area contributed by atoms with E-state index in [1.54, 1.807) is 0 Å². The van der Waals surface area contributed by atoms with Gasteiger partial charge in [-0.3, -0.25) is 0 Å². The van der Waals surface area contributed by atoms with E-state index >= 15 is 0 Å². The minimum absolute atomic E-state index is 0.118. The van der Waals surface area contributed by atoms with Crippen LogP contribution >= 0.6 is 34.2 Å². The predicted octanol–water partition coefficient (Wildman–Crippen LogP) is 1.39. The lowest BCUT2D eigenvalue weighted by Crippen LogP contribution is -2.22. The van der Waals surface area contributed by atoms with E-state index in [9.17, 15) is 0 Å². The van der Waals surface area contributed by atoms with Crippen molar-refractivity contribution < 1.29 is 0 Å². The average Bonchev–Trinajstić information content (AvgIpc) is 2.29. The zero-order valence-electron chi connectivity index (χ0n) is 9.42. The highest BCUT2D eigenvalue weighted by atomic mass is 127. The molecule has 17 heavy (non-hydrogen) atoms. The van der Waals surface area contributed by atoms with Gasteiger partial charge in [-0.1, -0.05) is 12.1 Å². The summed E-state index contributed by atoms with van der Waals surface area (Å²) >= 11 is 7.91. The quantitative estimate of drug-likeness (QED) is 0.234. The van der Waals surface area contributed by atoms with Gasteiger partial charge < -0.3 is 16.8 Å². The lowest BCUT2D eigenvalue weighted by Gasteiger charge is -2.07. The molecule has 0 aliphatic carbocycles. The molecule has 0 fully saturated rings. The van der Waals surface area contributed by atoms with Gasteiger partial charge in [0.25, 0.3) is 0 Å². The molecule has 0 bridgehead atoms. The number of rotatable bonds is 6. The number of alkyl halides is 1. The summed E-state index contributed by atoms with van der Waals surface area (Å²) in [7, 11) is 0. The number of nitrogens with two attached hydrogens (primary N) is 2. The largest absolute Gasteiger partial charge is 0.370 e. The molecule has 1 aromatic carbocycles. The molecule has 0 atom stereocenters. The van der Waals surface area contributed by atoms with Crippen LogP contribution in [0.25, 0.3) is 0 Å². The standard InChI is InChI=1S/C11H16ClIN4/c12-3-4-16-7-9-2-1-8(5-10(9)13)6-17-11(14)15/h1-2,5,16H,3-4,6-7H2,(H4,14,15,17). The van der Waals surface area contributed by atoms with Crippen LogP contribution in [-0.2, 0) is 13.1 Å². The predicted molar refractivity (Wildman–Crippen MR) is 81.1 cm³/mol. The monoisotopic (exact) mass is 366 g/mol. The first-order valence-electron chi connectivity index (χ1n) is 5.23. The molecule has 1 rings (SSSR count). The van der Waals surface area contributed by atoms with Crippen molar-refractivity contribution in [1.82, 2.24) is 5.32 Å². The minimum Gasteiger partial charge on any atom is -0.370 e. The first kappa shape index (κ1) is 14.5. The lowest BCUT2D eigenvalue weighted by molar-refractivity contribution is 0.727. The second-order valence-corrected chi connectivity index (χ2v) is 5.07. The van der Waals surface area contributed by atoms with Crippen LogP contribution in [0.3, 0.4) is 0 Å². The summed E-state index contributed by atoms with van der Waals surface area (Å²) in [5, 5.41) is 3.26. The fourth-order valence-electron chi connectivity index (χ4n) is 1.30. The highest BCUT2D eigenvalue weighted by Crippen LogP contribution is 2.15. The summed E-state index contributed by atoms with van der Waals surface area (Å²) in [5.41, 5.74) is 12.9. The molecule has 0 aliphatic heterocycles. The van der Waals surface area contributed by atoms with Gasteiger partial charge in [0.1, 0.15) is 0 Å². The Kier molecular flexibility index (Phi) is 6.61. The highest BCUT2D eigenvalue weighted by molar-refractivity contribution is 14.1. The van der Waals surface area contributed by atoms with Crippen molar-refractivity contribution in [2.45, 2.75) is 13.1 Å². The zero-order chi connectivity index (χ0) is 12.7. The lowest BCUT2D eigenvalue weighted by atomic mass is 10.1. The number of nitrogens with one attached hydrogen (secondary N) is 1. The van der Waals surface area contributed by atoms with E-state index in [2.05, 4.69) is 45.0 Å². The van der Waals surface area contributed by atoms with Crippen LogP contribution in [0.1, 0.15) is 11.1 Å². The van der Waals surface area contributed by atoms with Gasteiger partial charge in [0, 0.05) is 22.5 Å². The maximum Gasteiger partial charge on any atom is 0.186 e. The Morgan fingerprint density at radius 2 is 2.18 bits per heavy atom.